The summed E-state index contributed by atoms with van der Waals surface area (Å²) in [6.45, 7) is 4.39. The van der Waals surface area contributed by atoms with E-state index in [4.69, 9.17) is 0 Å². The van der Waals surface area contributed by atoms with Gasteiger partial charge in [-0.3, -0.25) is 0 Å². The Bertz CT molecular complexity index is 2690. The van der Waals surface area contributed by atoms with Crippen molar-refractivity contribution in [2.75, 3.05) is 0 Å². The molecule has 2 heterocycles. The van der Waals surface area contributed by atoms with Crippen LogP contribution < -0.4 is 0 Å². The standard InChI is InChI=1S/C46H32N2/c1-27-21-23-37-35(25-27)43-41(33-19-11-9-17-31(33)39(45(43)47-37)29-13-5-3-6-14-29)42-34-20-12-10-18-32(34)40(30-15-7-4-8-16-30)46-44(42)36-26-28(2)22-24-38(36)48-46/h3-26,47-48H,1-2H3. The van der Waals surface area contributed by atoms with E-state index in [2.05, 4.69) is 169 Å². The van der Waals surface area contributed by atoms with Crippen molar-refractivity contribution in [1.29, 1.82) is 0 Å². The summed E-state index contributed by atoms with van der Waals surface area (Å²) in [4.78, 5) is 7.88. The van der Waals surface area contributed by atoms with Gasteiger partial charge in [0, 0.05) is 54.8 Å². The van der Waals surface area contributed by atoms with Gasteiger partial charge in [0.1, 0.15) is 0 Å². The van der Waals surface area contributed by atoms with Crippen molar-refractivity contribution in [3.05, 3.63) is 157 Å². The summed E-state index contributed by atoms with van der Waals surface area (Å²) in [6.07, 6.45) is 0. The molecule has 2 nitrogen and oxygen atoms in total. The first kappa shape index (κ1) is 27.0. The molecule has 0 aliphatic heterocycles. The van der Waals surface area contributed by atoms with Crippen molar-refractivity contribution < 1.29 is 0 Å². The quantitative estimate of drug-likeness (QED) is 0.199. The van der Waals surface area contributed by atoms with Crippen molar-refractivity contribution in [3.8, 4) is 33.4 Å². The van der Waals surface area contributed by atoms with E-state index in [-0.39, 0.29) is 0 Å². The van der Waals surface area contributed by atoms with Gasteiger partial charge in [0.25, 0.3) is 0 Å². The number of aromatic amines is 2. The highest BCUT2D eigenvalue weighted by Gasteiger charge is 2.26. The van der Waals surface area contributed by atoms with E-state index < -0.39 is 0 Å². The van der Waals surface area contributed by atoms with Crippen LogP contribution in [-0.4, -0.2) is 9.97 Å². The van der Waals surface area contributed by atoms with Gasteiger partial charge in [0.05, 0.1) is 11.0 Å². The van der Waals surface area contributed by atoms with Crippen LogP contribution in [0, 0.1) is 13.8 Å². The maximum Gasteiger partial charge on any atom is 0.0557 e. The molecular formula is C46H32N2. The van der Waals surface area contributed by atoms with Crippen molar-refractivity contribution in [1.82, 2.24) is 9.97 Å². The first-order chi connectivity index (χ1) is 23.7. The lowest BCUT2D eigenvalue weighted by atomic mass is 9.82. The molecule has 48 heavy (non-hydrogen) atoms. The summed E-state index contributed by atoms with van der Waals surface area (Å²) in [5.41, 5.74) is 14.6. The molecule has 2 N–H and O–H groups in total. The third kappa shape index (κ3) is 3.80. The van der Waals surface area contributed by atoms with E-state index in [9.17, 15) is 0 Å². The number of hydrogen-bond acceptors (Lipinski definition) is 0. The molecular weight excluding hydrogens is 581 g/mol. The fraction of sp³-hybridized carbons (Fsp3) is 0.0435. The van der Waals surface area contributed by atoms with E-state index in [0.717, 1.165) is 11.0 Å². The Morgan fingerprint density at radius 1 is 0.333 bits per heavy atom. The molecule has 0 unspecified atom stereocenters. The van der Waals surface area contributed by atoms with Crippen LogP contribution in [0.15, 0.2) is 146 Å². The Kier molecular flexibility index (Phi) is 5.74. The summed E-state index contributed by atoms with van der Waals surface area (Å²) in [5, 5.41) is 10.1. The maximum atomic E-state index is 3.94. The first-order valence-electron chi connectivity index (χ1n) is 16.7. The zero-order valence-electron chi connectivity index (χ0n) is 26.9. The topological polar surface area (TPSA) is 31.6 Å². The number of benzene rings is 8. The molecule has 226 valence electrons. The van der Waals surface area contributed by atoms with Gasteiger partial charge in [-0.05, 0) is 70.8 Å². The lowest BCUT2D eigenvalue weighted by Crippen LogP contribution is -1.93. The maximum absolute atomic E-state index is 3.94. The highest BCUT2D eigenvalue weighted by Crippen LogP contribution is 2.52. The van der Waals surface area contributed by atoms with Crippen LogP contribution in [0.2, 0.25) is 0 Å². The zero-order chi connectivity index (χ0) is 31.9. The predicted octanol–water partition coefficient (Wildman–Crippen LogP) is 12.9. The zero-order valence-corrected chi connectivity index (χ0v) is 26.9. The Hall–Kier alpha value is -6.12. The van der Waals surface area contributed by atoms with Gasteiger partial charge in [-0.1, -0.05) is 132 Å². The SMILES string of the molecule is Cc1ccc2[nH]c3c(-c4ccccc4)c4ccccc4c(-c4c5ccccc5c(-c5ccccc5)c5[nH]c6ccc(C)cc6c45)c3c2c1. The number of hydrogen-bond donors (Lipinski definition) is 2. The van der Waals surface area contributed by atoms with E-state index in [1.54, 1.807) is 0 Å². The second kappa shape index (κ2) is 10.2. The van der Waals surface area contributed by atoms with Crippen LogP contribution in [0.25, 0.3) is 98.5 Å². The van der Waals surface area contributed by atoms with Crippen LogP contribution in [0.1, 0.15) is 11.1 Å². The van der Waals surface area contributed by atoms with Crippen LogP contribution in [0.4, 0.5) is 0 Å². The van der Waals surface area contributed by atoms with Gasteiger partial charge in [-0.25, -0.2) is 0 Å². The van der Waals surface area contributed by atoms with Gasteiger partial charge in [0.15, 0.2) is 0 Å². The molecule has 0 saturated heterocycles. The number of fused-ring (bicyclic) bond motifs is 8. The van der Waals surface area contributed by atoms with Gasteiger partial charge < -0.3 is 9.97 Å². The molecule has 0 atom stereocenters. The van der Waals surface area contributed by atoms with Gasteiger partial charge in [-0.15, -0.1) is 0 Å². The summed E-state index contributed by atoms with van der Waals surface area (Å²) in [7, 11) is 0. The molecule has 2 heteroatoms. The monoisotopic (exact) mass is 612 g/mol. The molecule has 8 aromatic carbocycles. The Morgan fingerprint density at radius 3 is 1.08 bits per heavy atom. The average Bonchev–Trinajstić information content (AvgIpc) is 3.68. The molecule has 10 rings (SSSR count). The normalized spacial score (nSPS) is 12.0. The first-order valence-corrected chi connectivity index (χ1v) is 16.7. The Balaban J connectivity index is 1.53. The highest BCUT2D eigenvalue weighted by molar-refractivity contribution is 6.36. The average molecular weight is 613 g/mol. The summed E-state index contributed by atoms with van der Waals surface area (Å²) >= 11 is 0. The summed E-state index contributed by atoms with van der Waals surface area (Å²) in [5.74, 6) is 0. The fourth-order valence-corrected chi connectivity index (χ4v) is 8.21. The minimum Gasteiger partial charge on any atom is -0.354 e. The molecule has 0 amide bonds. The van der Waals surface area contributed by atoms with Crippen molar-refractivity contribution in [3.63, 3.8) is 0 Å². The molecule has 0 fully saturated rings. The molecule has 2 aromatic heterocycles. The lowest BCUT2D eigenvalue weighted by Gasteiger charge is -2.20. The van der Waals surface area contributed by atoms with Crippen LogP contribution >= 0.6 is 0 Å². The largest absolute Gasteiger partial charge is 0.354 e. The summed E-state index contributed by atoms with van der Waals surface area (Å²) in [6, 6.07) is 53.4. The lowest BCUT2D eigenvalue weighted by molar-refractivity contribution is 1.49. The molecule has 0 saturated carbocycles. The Labute approximate surface area is 278 Å². The fourth-order valence-electron chi connectivity index (χ4n) is 8.21. The predicted molar refractivity (Wildman–Crippen MR) is 206 cm³/mol. The van der Waals surface area contributed by atoms with E-state index in [1.165, 1.54) is 98.6 Å². The number of aryl methyl sites for hydroxylation is 2. The number of nitrogens with one attached hydrogen (secondary N) is 2. The van der Waals surface area contributed by atoms with Crippen molar-refractivity contribution >= 4 is 65.2 Å². The van der Waals surface area contributed by atoms with E-state index in [0.29, 0.717) is 0 Å². The van der Waals surface area contributed by atoms with Gasteiger partial charge >= 0.3 is 0 Å². The minimum absolute atomic E-state index is 1.15. The highest BCUT2D eigenvalue weighted by atomic mass is 14.7. The van der Waals surface area contributed by atoms with E-state index >= 15 is 0 Å². The Morgan fingerprint density at radius 2 is 0.688 bits per heavy atom. The molecule has 0 radical (unpaired) electrons. The van der Waals surface area contributed by atoms with Crippen molar-refractivity contribution in [2.24, 2.45) is 0 Å². The summed E-state index contributed by atoms with van der Waals surface area (Å²) < 4.78 is 0. The second-order valence-corrected chi connectivity index (χ2v) is 13.2. The third-order valence-electron chi connectivity index (χ3n) is 10.2. The van der Waals surface area contributed by atoms with E-state index in [1.807, 2.05) is 0 Å². The van der Waals surface area contributed by atoms with Crippen LogP contribution in [0.5, 0.6) is 0 Å². The molecule has 0 spiro atoms. The molecule has 0 aliphatic carbocycles. The molecule has 0 bridgehead atoms. The third-order valence-corrected chi connectivity index (χ3v) is 10.2. The number of rotatable bonds is 3. The smallest absolute Gasteiger partial charge is 0.0557 e. The minimum atomic E-state index is 1.15. The second-order valence-electron chi connectivity index (χ2n) is 13.2. The number of aromatic nitrogens is 2. The number of H-pyrrole nitrogens is 2. The van der Waals surface area contributed by atoms with Crippen LogP contribution in [0.3, 0.4) is 0 Å². The molecule has 10 aromatic rings. The van der Waals surface area contributed by atoms with Gasteiger partial charge in [-0.2, -0.15) is 0 Å². The molecule has 0 aliphatic rings. The van der Waals surface area contributed by atoms with Crippen molar-refractivity contribution in [2.45, 2.75) is 13.8 Å². The van der Waals surface area contributed by atoms with Gasteiger partial charge in [0.2, 0.25) is 0 Å². The van der Waals surface area contributed by atoms with Crippen LogP contribution in [-0.2, 0) is 0 Å².